The van der Waals surface area contributed by atoms with Gasteiger partial charge in [-0.05, 0) is 52.7 Å². The summed E-state index contributed by atoms with van der Waals surface area (Å²) in [5, 5.41) is 33.4. The quantitative estimate of drug-likeness (QED) is 0.336. The molecule has 0 bridgehead atoms. The minimum absolute atomic E-state index is 0.0313. The van der Waals surface area contributed by atoms with Crippen molar-refractivity contribution in [3.63, 3.8) is 0 Å². The first kappa shape index (κ1) is 29.2. The number of piperidine rings is 1. The zero-order valence-electron chi connectivity index (χ0n) is 23.6. The molecule has 220 valence electrons. The minimum Gasteiger partial charge on any atom is -0.488 e. The van der Waals surface area contributed by atoms with Gasteiger partial charge in [-0.3, -0.25) is 4.98 Å². The zero-order chi connectivity index (χ0) is 30.2. The number of hydrogen-bond acceptors (Lipinski definition) is 9. The normalized spacial score (nSPS) is 15.0. The minimum atomic E-state index is -1.26. The number of likely N-dealkylation sites (tertiary alicyclic amines) is 1. The Balaban J connectivity index is 1.38. The van der Waals surface area contributed by atoms with E-state index in [0.717, 1.165) is 18.0 Å². The van der Waals surface area contributed by atoms with E-state index in [2.05, 4.69) is 26.5 Å². The van der Waals surface area contributed by atoms with E-state index in [-0.39, 0.29) is 40.8 Å². The molecule has 42 heavy (non-hydrogen) atoms. The Bertz CT molecular complexity index is 1670. The third kappa shape index (κ3) is 6.00. The highest BCUT2D eigenvalue weighted by Crippen LogP contribution is 2.33. The standard InChI is InChI=1S/C28H30ClFN8O4/c1-16-24(34-35-38(16)20-5-7-36(8-6-20)27(40)42-28(2,3)4)17-9-23(26-18(11-31)12-33-37(26)14-17)41-15-22(39)25-21(29)10-19(30)13-32-25/h9-10,12-14,20,22,39H,5-8,15H2,1-4H3. The molecule has 0 saturated carbocycles. The van der Waals surface area contributed by atoms with Crippen LogP contribution < -0.4 is 4.74 Å². The summed E-state index contributed by atoms with van der Waals surface area (Å²) in [4.78, 5) is 18.1. The Kier molecular flexibility index (Phi) is 8.03. The molecule has 4 aromatic heterocycles. The topological polar surface area (TPSA) is 144 Å². The second-order valence-electron chi connectivity index (χ2n) is 11.1. The summed E-state index contributed by atoms with van der Waals surface area (Å²) in [6.07, 6.45) is 3.91. The molecule has 1 N–H and O–H groups in total. The van der Waals surface area contributed by atoms with Crippen molar-refractivity contribution in [3.05, 3.63) is 58.5 Å². The number of carbonyl (C=O) groups excluding carboxylic acids is 1. The van der Waals surface area contributed by atoms with Gasteiger partial charge in [0.1, 0.15) is 52.7 Å². The van der Waals surface area contributed by atoms with Crippen LogP contribution in [0.5, 0.6) is 5.75 Å². The summed E-state index contributed by atoms with van der Waals surface area (Å²) in [6, 6.07) is 4.91. The maximum Gasteiger partial charge on any atom is 0.410 e. The number of hydrogen-bond donors (Lipinski definition) is 1. The molecule has 4 aromatic rings. The second kappa shape index (κ2) is 11.5. The predicted molar refractivity (Wildman–Crippen MR) is 149 cm³/mol. The molecule has 1 amide bonds. The van der Waals surface area contributed by atoms with Crippen LogP contribution in [0.25, 0.3) is 16.8 Å². The van der Waals surface area contributed by atoms with Crippen LogP contribution in [0.1, 0.15) is 62.7 Å². The van der Waals surface area contributed by atoms with E-state index in [1.165, 1.54) is 10.7 Å². The Morgan fingerprint density at radius 1 is 1.29 bits per heavy atom. The Labute approximate surface area is 246 Å². The number of nitrogens with zero attached hydrogens (tertiary/aromatic N) is 8. The van der Waals surface area contributed by atoms with Crippen LogP contribution in [0.4, 0.5) is 9.18 Å². The van der Waals surface area contributed by atoms with Gasteiger partial charge in [0, 0.05) is 24.8 Å². The average molecular weight is 597 g/mol. The number of carbonyl (C=O) groups is 1. The average Bonchev–Trinajstić information content (AvgIpc) is 3.53. The van der Waals surface area contributed by atoms with E-state index in [9.17, 15) is 19.6 Å². The highest BCUT2D eigenvalue weighted by molar-refractivity contribution is 6.31. The van der Waals surface area contributed by atoms with Crippen LogP contribution in [0.2, 0.25) is 5.02 Å². The number of aromatic nitrogens is 6. The number of aliphatic hydroxyl groups excluding tert-OH is 1. The number of pyridine rings is 2. The van der Waals surface area contributed by atoms with Gasteiger partial charge in [-0.2, -0.15) is 10.4 Å². The highest BCUT2D eigenvalue weighted by Gasteiger charge is 2.29. The van der Waals surface area contributed by atoms with E-state index in [1.807, 2.05) is 32.4 Å². The summed E-state index contributed by atoms with van der Waals surface area (Å²) in [7, 11) is 0. The summed E-state index contributed by atoms with van der Waals surface area (Å²) in [5.74, 6) is -0.348. The van der Waals surface area contributed by atoms with Crippen LogP contribution >= 0.6 is 11.6 Å². The molecule has 1 aliphatic rings. The summed E-state index contributed by atoms with van der Waals surface area (Å²) < 4.78 is 28.2. The van der Waals surface area contributed by atoms with E-state index in [1.54, 1.807) is 17.2 Å². The maximum absolute atomic E-state index is 13.4. The zero-order valence-corrected chi connectivity index (χ0v) is 24.3. The van der Waals surface area contributed by atoms with E-state index in [0.29, 0.717) is 42.7 Å². The van der Waals surface area contributed by atoms with Crippen molar-refractivity contribution in [3.8, 4) is 23.1 Å². The number of nitriles is 1. The van der Waals surface area contributed by atoms with Crippen molar-refractivity contribution in [1.29, 1.82) is 5.26 Å². The molecule has 14 heteroatoms. The number of amides is 1. The lowest BCUT2D eigenvalue weighted by atomic mass is 10.0. The van der Waals surface area contributed by atoms with Gasteiger partial charge in [-0.1, -0.05) is 16.8 Å². The molecular weight excluding hydrogens is 567 g/mol. The molecule has 0 aromatic carbocycles. The molecule has 0 aliphatic carbocycles. The van der Waals surface area contributed by atoms with Crippen LogP contribution in [0.3, 0.4) is 0 Å². The van der Waals surface area contributed by atoms with Crippen molar-refractivity contribution < 1.29 is 23.8 Å². The van der Waals surface area contributed by atoms with Gasteiger partial charge in [-0.15, -0.1) is 5.10 Å². The molecule has 0 radical (unpaired) electrons. The third-order valence-corrected chi connectivity index (χ3v) is 7.21. The number of ether oxygens (including phenoxy) is 2. The molecule has 5 rings (SSSR count). The fourth-order valence-corrected chi connectivity index (χ4v) is 5.18. The Morgan fingerprint density at radius 2 is 2.02 bits per heavy atom. The Hall–Kier alpha value is -4.28. The van der Waals surface area contributed by atoms with Crippen LogP contribution in [-0.4, -0.2) is 71.0 Å². The molecule has 1 saturated heterocycles. The Morgan fingerprint density at radius 3 is 2.69 bits per heavy atom. The molecule has 1 atom stereocenters. The molecule has 0 spiro atoms. The van der Waals surface area contributed by atoms with Crippen molar-refractivity contribution in [2.45, 2.75) is 58.3 Å². The first-order valence-corrected chi connectivity index (χ1v) is 13.8. The monoisotopic (exact) mass is 596 g/mol. The molecule has 1 unspecified atom stereocenters. The molecular formula is C28H30ClFN8O4. The van der Waals surface area contributed by atoms with Crippen LogP contribution in [0, 0.1) is 24.1 Å². The van der Waals surface area contributed by atoms with Gasteiger partial charge < -0.3 is 19.5 Å². The smallest absolute Gasteiger partial charge is 0.410 e. The highest BCUT2D eigenvalue weighted by atomic mass is 35.5. The third-order valence-electron chi connectivity index (χ3n) is 6.91. The lowest BCUT2D eigenvalue weighted by molar-refractivity contribution is 0.0183. The lowest BCUT2D eigenvalue weighted by Gasteiger charge is -2.33. The van der Waals surface area contributed by atoms with Gasteiger partial charge in [0.05, 0.1) is 34.8 Å². The van der Waals surface area contributed by atoms with Crippen LogP contribution in [0.15, 0.2) is 30.7 Å². The van der Waals surface area contributed by atoms with Gasteiger partial charge >= 0.3 is 6.09 Å². The van der Waals surface area contributed by atoms with Crippen molar-refractivity contribution in [2.75, 3.05) is 19.7 Å². The SMILES string of the molecule is Cc1c(-c2cc(OCC(O)c3ncc(F)cc3Cl)c3c(C#N)cnn3c2)nnn1C1CCN(C(=O)OC(C)(C)C)CC1. The predicted octanol–water partition coefficient (Wildman–Crippen LogP) is 4.64. The molecule has 5 heterocycles. The largest absolute Gasteiger partial charge is 0.488 e. The van der Waals surface area contributed by atoms with E-state index >= 15 is 0 Å². The number of fused-ring (bicyclic) bond motifs is 1. The van der Waals surface area contributed by atoms with Crippen molar-refractivity contribution in [1.82, 2.24) is 34.5 Å². The molecule has 1 fully saturated rings. The number of aliphatic hydroxyl groups is 1. The number of halogens is 2. The summed E-state index contributed by atoms with van der Waals surface area (Å²) in [6.45, 7) is 8.25. The van der Waals surface area contributed by atoms with Gasteiger partial charge in [-0.25, -0.2) is 18.4 Å². The maximum atomic E-state index is 13.4. The number of rotatable bonds is 6. The fraction of sp³-hybridized carbons (Fsp3) is 0.429. The van der Waals surface area contributed by atoms with Gasteiger partial charge in [0.2, 0.25) is 0 Å². The van der Waals surface area contributed by atoms with Gasteiger partial charge in [0.25, 0.3) is 0 Å². The van der Waals surface area contributed by atoms with E-state index < -0.39 is 17.5 Å². The fourth-order valence-electron chi connectivity index (χ4n) is 4.90. The molecule has 12 nitrogen and oxygen atoms in total. The van der Waals surface area contributed by atoms with Gasteiger partial charge in [0.15, 0.2) is 0 Å². The lowest BCUT2D eigenvalue weighted by Crippen LogP contribution is -2.42. The first-order chi connectivity index (χ1) is 19.9. The van der Waals surface area contributed by atoms with Crippen molar-refractivity contribution >= 4 is 23.2 Å². The van der Waals surface area contributed by atoms with Crippen molar-refractivity contribution in [2.24, 2.45) is 0 Å². The van der Waals surface area contributed by atoms with E-state index in [4.69, 9.17) is 21.1 Å². The summed E-state index contributed by atoms with van der Waals surface area (Å²) >= 11 is 6.05. The van der Waals surface area contributed by atoms with Crippen LogP contribution in [-0.2, 0) is 4.74 Å². The molecule has 1 aliphatic heterocycles. The summed E-state index contributed by atoms with van der Waals surface area (Å²) in [5.41, 5.74) is 2.23. The second-order valence-corrected chi connectivity index (χ2v) is 11.5. The first-order valence-electron chi connectivity index (χ1n) is 13.4.